The van der Waals surface area contributed by atoms with Crippen molar-refractivity contribution in [1.29, 1.82) is 0 Å². The van der Waals surface area contributed by atoms with Crippen LogP contribution in [0.15, 0.2) is 29.3 Å². The number of carbonyl (C=O) groups excluding carboxylic acids is 1. The number of isothiocyanates is 1. The van der Waals surface area contributed by atoms with Crippen molar-refractivity contribution in [2.45, 2.75) is 12.8 Å². The quantitative estimate of drug-likeness (QED) is 0.578. The minimum atomic E-state index is -0.235. The van der Waals surface area contributed by atoms with Gasteiger partial charge in [-0.15, -0.1) is 0 Å². The van der Waals surface area contributed by atoms with Gasteiger partial charge in [0.1, 0.15) is 5.75 Å². The summed E-state index contributed by atoms with van der Waals surface area (Å²) in [5, 5.41) is 2.06. The summed E-state index contributed by atoms with van der Waals surface area (Å²) in [4.78, 5) is 14.4. The maximum absolute atomic E-state index is 11.0. The summed E-state index contributed by atoms with van der Waals surface area (Å²) in [5.41, 5.74) is 1.07. The molecule has 0 fully saturated rings. The van der Waals surface area contributed by atoms with Gasteiger partial charge in [0.05, 0.1) is 12.3 Å². The van der Waals surface area contributed by atoms with Gasteiger partial charge >= 0.3 is 0 Å². The van der Waals surface area contributed by atoms with E-state index >= 15 is 0 Å². The van der Waals surface area contributed by atoms with Crippen LogP contribution in [-0.2, 0) is 11.2 Å². The SMILES string of the molecule is COc1ccc(CCC(=O)N=C=S)cc1. The molecular weight excluding hydrogens is 210 g/mol. The lowest BCUT2D eigenvalue weighted by Crippen LogP contribution is -1.95. The topological polar surface area (TPSA) is 38.7 Å². The van der Waals surface area contributed by atoms with E-state index in [0.29, 0.717) is 12.8 Å². The molecule has 0 N–H and O–H groups in total. The molecule has 0 aliphatic rings. The van der Waals surface area contributed by atoms with Crippen LogP contribution >= 0.6 is 12.2 Å². The lowest BCUT2D eigenvalue weighted by molar-refractivity contribution is -0.117. The third-order valence-corrected chi connectivity index (χ3v) is 2.05. The predicted molar refractivity (Wildman–Crippen MR) is 61.3 cm³/mol. The predicted octanol–water partition coefficient (Wildman–Crippen LogP) is 2.26. The van der Waals surface area contributed by atoms with Crippen molar-refractivity contribution in [2.24, 2.45) is 4.99 Å². The summed E-state index contributed by atoms with van der Waals surface area (Å²) in [6.07, 6.45) is 1.01. The van der Waals surface area contributed by atoms with Gasteiger partial charge in [-0.25, -0.2) is 0 Å². The third-order valence-electron chi connectivity index (χ3n) is 1.96. The second-order valence-corrected chi connectivity index (χ2v) is 3.13. The minimum absolute atomic E-state index is 0.235. The molecule has 1 aromatic rings. The van der Waals surface area contributed by atoms with E-state index < -0.39 is 0 Å². The Balaban J connectivity index is 2.51. The van der Waals surface area contributed by atoms with Crippen LogP contribution in [0.5, 0.6) is 5.75 Å². The van der Waals surface area contributed by atoms with Crippen molar-refractivity contribution in [3.05, 3.63) is 29.8 Å². The zero-order chi connectivity index (χ0) is 11.1. The molecule has 0 saturated heterocycles. The maximum atomic E-state index is 11.0. The van der Waals surface area contributed by atoms with Gasteiger partial charge in [0.2, 0.25) is 0 Å². The first-order valence-corrected chi connectivity index (χ1v) is 4.90. The molecule has 0 aliphatic heterocycles. The van der Waals surface area contributed by atoms with Crippen molar-refractivity contribution in [1.82, 2.24) is 0 Å². The first kappa shape index (κ1) is 11.6. The van der Waals surface area contributed by atoms with Gasteiger partial charge in [-0.3, -0.25) is 4.79 Å². The lowest BCUT2D eigenvalue weighted by atomic mass is 10.1. The zero-order valence-corrected chi connectivity index (χ0v) is 9.21. The number of thiocarbonyl (C=S) groups is 1. The van der Waals surface area contributed by atoms with Crippen LogP contribution in [0.4, 0.5) is 0 Å². The Bertz CT molecular complexity index is 380. The number of hydrogen-bond acceptors (Lipinski definition) is 3. The molecule has 0 atom stereocenters. The number of hydrogen-bond donors (Lipinski definition) is 0. The maximum Gasteiger partial charge on any atom is 0.254 e. The molecule has 0 aromatic heterocycles. The molecule has 1 aromatic carbocycles. The number of methoxy groups -OCH3 is 1. The molecule has 0 unspecified atom stereocenters. The number of aliphatic imine (C=N–C) groups is 1. The van der Waals surface area contributed by atoms with E-state index in [2.05, 4.69) is 22.4 Å². The lowest BCUT2D eigenvalue weighted by Gasteiger charge is -2.01. The summed E-state index contributed by atoms with van der Waals surface area (Å²) < 4.78 is 5.02. The average Bonchev–Trinajstić information content (AvgIpc) is 2.27. The molecule has 4 heteroatoms. The average molecular weight is 221 g/mol. The van der Waals surface area contributed by atoms with Crippen LogP contribution in [0.1, 0.15) is 12.0 Å². The van der Waals surface area contributed by atoms with Crippen molar-refractivity contribution in [3.8, 4) is 5.75 Å². The first-order valence-electron chi connectivity index (χ1n) is 4.50. The molecule has 1 rings (SSSR count). The van der Waals surface area contributed by atoms with E-state index in [0.717, 1.165) is 11.3 Å². The van der Waals surface area contributed by atoms with E-state index in [4.69, 9.17) is 4.74 Å². The summed E-state index contributed by atoms with van der Waals surface area (Å²) in [6, 6.07) is 7.57. The molecule has 0 aliphatic carbocycles. The van der Waals surface area contributed by atoms with Crippen LogP contribution in [0.2, 0.25) is 0 Å². The van der Waals surface area contributed by atoms with Gasteiger partial charge < -0.3 is 4.74 Å². The number of ether oxygens (including phenoxy) is 1. The van der Waals surface area contributed by atoms with Gasteiger partial charge in [-0.2, -0.15) is 4.99 Å². The van der Waals surface area contributed by atoms with Crippen LogP contribution in [0.25, 0.3) is 0 Å². The Morgan fingerprint density at radius 1 is 1.47 bits per heavy atom. The number of amides is 1. The summed E-state index contributed by atoms with van der Waals surface area (Å²) in [5.74, 6) is 0.572. The fraction of sp³-hybridized carbons (Fsp3) is 0.273. The second-order valence-electron chi connectivity index (χ2n) is 2.94. The highest BCUT2D eigenvalue weighted by Gasteiger charge is 2.00. The van der Waals surface area contributed by atoms with Crippen LogP contribution in [0, 0.1) is 0 Å². The fourth-order valence-electron chi connectivity index (χ4n) is 1.15. The second kappa shape index (κ2) is 6.06. The Hall–Kier alpha value is -1.51. The highest BCUT2D eigenvalue weighted by atomic mass is 32.1. The smallest absolute Gasteiger partial charge is 0.254 e. The van der Waals surface area contributed by atoms with E-state index in [-0.39, 0.29) is 5.91 Å². The molecule has 3 nitrogen and oxygen atoms in total. The van der Waals surface area contributed by atoms with Crippen molar-refractivity contribution in [2.75, 3.05) is 7.11 Å². The molecule has 0 saturated carbocycles. The monoisotopic (exact) mass is 221 g/mol. The molecule has 0 radical (unpaired) electrons. The third kappa shape index (κ3) is 4.02. The van der Waals surface area contributed by atoms with Crippen LogP contribution in [-0.4, -0.2) is 18.2 Å². The molecule has 0 spiro atoms. The van der Waals surface area contributed by atoms with Gasteiger partial charge in [0.15, 0.2) is 0 Å². The van der Waals surface area contributed by atoms with E-state index in [9.17, 15) is 4.79 Å². The van der Waals surface area contributed by atoms with Gasteiger partial charge in [-0.05, 0) is 36.3 Å². The van der Waals surface area contributed by atoms with E-state index in [1.54, 1.807) is 7.11 Å². The first-order chi connectivity index (χ1) is 7.26. The van der Waals surface area contributed by atoms with Crippen molar-refractivity contribution in [3.63, 3.8) is 0 Å². The summed E-state index contributed by atoms with van der Waals surface area (Å²) in [6.45, 7) is 0. The normalized spacial score (nSPS) is 9.13. The largest absolute Gasteiger partial charge is 0.497 e. The number of aryl methyl sites for hydroxylation is 1. The van der Waals surface area contributed by atoms with E-state index in [1.807, 2.05) is 24.3 Å². The standard InChI is InChI=1S/C11H11NO2S/c1-14-10-5-2-9(3-6-10)4-7-11(13)12-8-15/h2-3,5-6H,4,7H2,1H3. The van der Waals surface area contributed by atoms with Crippen molar-refractivity contribution < 1.29 is 9.53 Å². The molecule has 78 valence electrons. The van der Waals surface area contributed by atoms with Gasteiger partial charge in [0.25, 0.3) is 5.91 Å². The number of carbonyl (C=O) groups is 1. The molecule has 0 bridgehead atoms. The molecule has 15 heavy (non-hydrogen) atoms. The Labute approximate surface area is 93.8 Å². The Kier molecular flexibility index (Phi) is 4.68. The molecule has 1 amide bonds. The molecule has 0 heterocycles. The zero-order valence-electron chi connectivity index (χ0n) is 8.40. The van der Waals surface area contributed by atoms with Crippen LogP contribution < -0.4 is 4.74 Å². The highest BCUT2D eigenvalue weighted by molar-refractivity contribution is 7.78. The van der Waals surface area contributed by atoms with Gasteiger partial charge in [0, 0.05) is 6.42 Å². The van der Waals surface area contributed by atoms with Gasteiger partial charge in [-0.1, -0.05) is 12.1 Å². The Morgan fingerprint density at radius 3 is 2.67 bits per heavy atom. The summed E-state index contributed by atoms with van der Waals surface area (Å²) >= 11 is 4.34. The van der Waals surface area contributed by atoms with Crippen molar-refractivity contribution >= 4 is 23.3 Å². The minimum Gasteiger partial charge on any atom is -0.497 e. The van der Waals surface area contributed by atoms with E-state index in [1.165, 1.54) is 0 Å². The highest BCUT2D eigenvalue weighted by Crippen LogP contribution is 2.12. The molecular formula is C11H11NO2S. The number of nitrogens with zero attached hydrogens (tertiary/aromatic N) is 1. The summed E-state index contributed by atoms with van der Waals surface area (Å²) in [7, 11) is 1.62. The van der Waals surface area contributed by atoms with Crippen LogP contribution in [0.3, 0.4) is 0 Å². The Morgan fingerprint density at radius 2 is 2.13 bits per heavy atom. The number of benzene rings is 1. The fourth-order valence-corrected chi connectivity index (χ4v) is 1.25. The number of rotatable bonds is 4.